The van der Waals surface area contributed by atoms with Gasteiger partial charge in [0.25, 0.3) is 0 Å². The molecule has 0 saturated carbocycles. The van der Waals surface area contributed by atoms with Crippen LogP contribution in [0.3, 0.4) is 0 Å². The average molecular weight is 358 g/mol. The van der Waals surface area contributed by atoms with Crippen LogP contribution in [0.4, 0.5) is 0 Å². The van der Waals surface area contributed by atoms with Crippen molar-refractivity contribution in [2.75, 3.05) is 6.54 Å². The quantitative estimate of drug-likeness (QED) is 0.743. The predicted molar refractivity (Wildman–Crippen MR) is 109 cm³/mol. The summed E-state index contributed by atoms with van der Waals surface area (Å²) in [6.07, 6.45) is 6.36. The first kappa shape index (κ1) is 19.8. The Kier molecular flexibility index (Phi) is 6.91. The second-order valence-corrected chi connectivity index (χ2v) is 8.40. The van der Waals surface area contributed by atoms with Gasteiger partial charge in [0.1, 0.15) is 0 Å². The minimum absolute atomic E-state index is 0.205. The Hall–Kier alpha value is -1.52. The fraction of sp³-hybridized carbons (Fsp3) is 0.476. The first-order chi connectivity index (χ1) is 11.9. The monoisotopic (exact) mass is 357 g/mol. The molecular formula is C21H31N3S. The molecule has 0 amide bonds. The Labute approximate surface area is 156 Å². The van der Waals surface area contributed by atoms with E-state index in [1.54, 1.807) is 0 Å². The number of rotatable bonds is 7. The van der Waals surface area contributed by atoms with Crippen LogP contribution in [0.25, 0.3) is 6.08 Å². The third-order valence-corrected chi connectivity index (χ3v) is 5.15. The summed E-state index contributed by atoms with van der Waals surface area (Å²) in [5.74, 6) is 0. The van der Waals surface area contributed by atoms with Crippen molar-refractivity contribution in [3.8, 4) is 0 Å². The third-order valence-electron chi connectivity index (χ3n) is 3.96. The van der Waals surface area contributed by atoms with Crippen LogP contribution in [-0.2, 0) is 19.4 Å². The Balaban J connectivity index is 2.23. The number of aryl methyl sites for hydroxylation is 1. The van der Waals surface area contributed by atoms with Gasteiger partial charge in [0.2, 0.25) is 0 Å². The van der Waals surface area contributed by atoms with Gasteiger partial charge in [-0.05, 0) is 36.0 Å². The molecule has 0 unspecified atom stereocenters. The van der Waals surface area contributed by atoms with Crippen LogP contribution in [0.15, 0.2) is 40.1 Å². The molecule has 0 fully saturated rings. The van der Waals surface area contributed by atoms with Gasteiger partial charge in [0.05, 0.1) is 22.8 Å². The van der Waals surface area contributed by atoms with Gasteiger partial charge in [0.15, 0.2) is 0 Å². The molecule has 0 spiro atoms. The maximum Gasteiger partial charge on any atom is 0.0764 e. The van der Waals surface area contributed by atoms with E-state index in [2.05, 4.69) is 75.7 Å². The van der Waals surface area contributed by atoms with Gasteiger partial charge in [-0.2, -0.15) is 5.10 Å². The van der Waals surface area contributed by atoms with Crippen LogP contribution >= 0.6 is 11.8 Å². The Morgan fingerprint density at radius 2 is 1.80 bits per heavy atom. The number of nitrogens with two attached hydrogens (primary N) is 1. The summed E-state index contributed by atoms with van der Waals surface area (Å²) in [5.41, 5.74) is 9.65. The van der Waals surface area contributed by atoms with E-state index < -0.39 is 0 Å². The van der Waals surface area contributed by atoms with E-state index in [0.717, 1.165) is 19.4 Å². The van der Waals surface area contributed by atoms with Crippen molar-refractivity contribution in [2.24, 2.45) is 11.1 Å². The highest BCUT2D eigenvalue weighted by molar-refractivity contribution is 7.99. The van der Waals surface area contributed by atoms with Gasteiger partial charge in [-0.25, -0.2) is 0 Å². The normalized spacial score (nSPS) is 12.2. The van der Waals surface area contributed by atoms with E-state index in [0.29, 0.717) is 6.54 Å². The van der Waals surface area contributed by atoms with Gasteiger partial charge in [-0.1, -0.05) is 70.7 Å². The van der Waals surface area contributed by atoms with E-state index >= 15 is 0 Å². The molecule has 0 saturated heterocycles. The van der Waals surface area contributed by atoms with E-state index in [1.807, 2.05) is 11.8 Å². The maximum atomic E-state index is 5.74. The molecule has 2 N–H and O–H groups in total. The number of nitrogens with zero attached hydrogens (tertiary/aromatic N) is 2. The zero-order valence-electron chi connectivity index (χ0n) is 16.2. The van der Waals surface area contributed by atoms with Gasteiger partial charge in [0, 0.05) is 11.4 Å². The molecule has 1 aromatic heterocycles. The number of hydrogen-bond donors (Lipinski definition) is 1. The number of allylic oxidation sites excluding steroid dienone is 1. The summed E-state index contributed by atoms with van der Waals surface area (Å²) >= 11 is 1.82. The molecule has 4 heteroatoms. The van der Waals surface area contributed by atoms with E-state index in [4.69, 9.17) is 10.8 Å². The lowest BCUT2D eigenvalue weighted by Crippen LogP contribution is -2.13. The molecule has 2 rings (SSSR count). The summed E-state index contributed by atoms with van der Waals surface area (Å²) in [4.78, 5) is 2.56. The van der Waals surface area contributed by atoms with Crippen molar-refractivity contribution in [2.45, 2.75) is 63.8 Å². The molecule has 136 valence electrons. The Morgan fingerprint density at radius 1 is 1.12 bits per heavy atom. The summed E-state index contributed by atoms with van der Waals surface area (Å²) in [7, 11) is 0. The van der Waals surface area contributed by atoms with Crippen molar-refractivity contribution >= 4 is 17.8 Å². The fourth-order valence-electron chi connectivity index (χ4n) is 2.65. The topological polar surface area (TPSA) is 43.8 Å². The molecule has 0 aliphatic carbocycles. The molecule has 0 radical (unpaired) electrons. The van der Waals surface area contributed by atoms with Crippen LogP contribution < -0.4 is 5.73 Å². The van der Waals surface area contributed by atoms with Crippen molar-refractivity contribution in [3.63, 3.8) is 0 Å². The second kappa shape index (κ2) is 8.72. The molecule has 25 heavy (non-hydrogen) atoms. The van der Waals surface area contributed by atoms with E-state index in [9.17, 15) is 0 Å². The van der Waals surface area contributed by atoms with Crippen LogP contribution in [-0.4, -0.2) is 16.3 Å². The van der Waals surface area contributed by atoms with E-state index in [1.165, 1.54) is 26.7 Å². The zero-order valence-corrected chi connectivity index (χ0v) is 17.0. The molecular weight excluding hydrogens is 326 g/mol. The summed E-state index contributed by atoms with van der Waals surface area (Å²) < 4.78 is 2.08. The lowest BCUT2D eigenvalue weighted by molar-refractivity contribution is 0.547. The van der Waals surface area contributed by atoms with Crippen LogP contribution in [0.5, 0.6) is 0 Å². The van der Waals surface area contributed by atoms with Crippen molar-refractivity contribution in [3.05, 3.63) is 47.3 Å². The fourth-order valence-corrected chi connectivity index (χ4v) is 3.82. The van der Waals surface area contributed by atoms with Crippen LogP contribution in [0, 0.1) is 5.41 Å². The molecule has 2 aromatic rings. The van der Waals surface area contributed by atoms with Gasteiger partial charge in [-0.15, -0.1) is 0 Å². The highest BCUT2D eigenvalue weighted by Crippen LogP contribution is 2.34. The lowest BCUT2D eigenvalue weighted by Gasteiger charge is -2.11. The number of aromatic nitrogens is 2. The molecule has 0 aliphatic heterocycles. The minimum atomic E-state index is 0.205. The second-order valence-electron chi connectivity index (χ2n) is 7.31. The Morgan fingerprint density at radius 3 is 2.32 bits per heavy atom. The predicted octanol–water partition coefficient (Wildman–Crippen LogP) is 5.18. The van der Waals surface area contributed by atoms with Crippen LogP contribution in [0.1, 0.15) is 51.6 Å². The molecule has 1 heterocycles. The largest absolute Gasteiger partial charge is 0.329 e. The maximum absolute atomic E-state index is 5.74. The SMILES string of the molecule is CCc1nn(CCN)c(CC)c1Sc1ccc(/C=C/C(C)(C)C)cc1. The molecule has 0 atom stereocenters. The van der Waals surface area contributed by atoms with Crippen LogP contribution in [0.2, 0.25) is 0 Å². The molecule has 3 nitrogen and oxygen atoms in total. The minimum Gasteiger partial charge on any atom is -0.329 e. The van der Waals surface area contributed by atoms with Gasteiger partial charge >= 0.3 is 0 Å². The smallest absolute Gasteiger partial charge is 0.0764 e. The lowest BCUT2D eigenvalue weighted by atomic mass is 9.95. The van der Waals surface area contributed by atoms with Crippen molar-refractivity contribution < 1.29 is 0 Å². The summed E-state index contributed by atoms with van der Waals surface area (Å²) in [6.45, 7) is 12.4. The zero-order chi connectivity index (χ0) is 18.4. The molecule has 0 bridgehead atoms. The highest BCUT2D eigenvalue weighted by Gasteiger charge is 2.16. The standard InChI is InChI=1S/C21H31N3S/c1-6-18-20(19(7-2)24(23-18)15-14-22)25-17-10-8-16(9-11-17)12-13-21(3,4)5/h8-13H,6-7,14-15,22H2,1-5H3/b13-12+. The average Bonchev–Trinajstić information content (AvgIpc) is 2.90. The van der Waals surface area contributed by atoms with E-state index in [-0.39, 0.29) is 5.41 Å². The van der Waals surface area contributed by atoms with Crippen molar-refractivity contribution in [1.29, 1.82) is 0 Å². The third kappa shape index (κ3) is 5.48. The summed E-state index contributed by atoms with van der Waals surface area (Å²) in [5, 5.41) is 4.76. The Bertz CT molecular complexity index is 706. The molecule has 0 aliphatic rings. The van der Waals surface area contributed by atoms with Gasteiger partial charge in [-0.3, -0.25) is 4.68 Å². The molecule has 1 aromatic carbocycles. The number of hydrogen-bond acceptors (Lipinski definition) is 3. The highest BCUT2D eigenvalue weighted by atomic mass is 32.2. The first-order valence-electron chi connectivity index (χ1n) is 9.13. The van der Waals surface area contributed by atoms with Crippen molar-refractivity contribution in [1.82, 2.24) is 9.78 Å². The van der Waals surface area contributed by atoms with Gasteiger partial charge < -0.3 is 5.73 Å². The summed E-state index contributed by atoms with van der Waals surface area (Å²) in [6, 6.07) is 8.77. The first-order valence-corrected chi connectivity index (χ1v) is 9.95. The number of benzene rings is 1.